The van der Waals surface area contributed by atoms with Crippen LogP contribution in [0.3, 0.4) is 0 Å². The second kappa shape index (κ2) is 6.66. The van der Waals surface area contributed by atoms with E-state index in [2.05, 4.69) is 0 Å². The lowest BCUT2D eigenvalue weighted by atomic mass is 9.86. The van der Waals surface area contributed by atoms with Crippen LogP contribution in [0.1, 0.15) is 25.3 Å². The van der Waals surface area contributed by atoms with E-state index in [1.54, 1.807) is 12.1 Å². The van der Waals surface area contributed by atoms with Crippen molar-refractivity contribution in [3.8, 4) is 0 Å². The molecule has 0 spiro atoms. The van der Waals surface area contributed by atoms with Gasteiger partial charge in [-0.3, -0.25) is 4.79 Å². The number of halogens is 2. The van der Waals surface area contributed by atoms with Crippen LogP contribution in [0.25, 0.3) is 0 Å². The summed E-state index contributed by atoms with van der Waals surface area (Å²) in [6, 6.07) is 4.70. The SMILES string of the molecule is CCOC1(C(=O)Cc2cccc(Cl)c2F)CCOCC1. The highest BCUT2D eigenvalue weighted by Gasteiger charge is 2.40. The van der Waals surface area contributed by atoms with E-state index >= 15 is 0 Å². The van der Waals surface area contributed by atoms with Crippen molar-refractivity contribution in [1.82, 2.24) is 0 Å². The lowest BCUT2D eigenvalue weighted by Gasteiger charge is -2.35. The standard InChI is InChI=1S/C15H18ClFO3/c1-2-20-15(6-8-19-9-7-15)13(18)10-11-4-3-5-12(16)14(11)17/h3-5H,2,6-10H2,1H3. The second-order valence-corrected chi connectivity index (χ2v) is 5.26. The van der Waals surface area contributed by atoms with Gasteiger partial charge in [0.2, 0.25) is 0 Å². The van der Waals surface area contributed by atoms with Gasteiger partial charge in [-0.15, -0.1) is 0 Å². The molecule has 0 saturated carbocycles. The number of carbonyl (C=O) groups excluding carboxylic acids is 1. The Morgan fingerprint density at radius 3 is 2.80 bits per heavy atom. The van der Waals surface area contributed by atoms with Crippen molar-refractivity contribution in [2.45, 2.75) is 31.8 Å². The van der Waals surface area contributed by atoms with Gasteiger partial charge < -0.3 is 9.47 Å². The molecule has 1 aromatic carbocycles. The van der Waals surface area contributed by atoms with Gasteiger partial charge in [0.05, 0.1) is 5.02 Å². The first-order valence-corrected chi connectivity index (χ1v) is 7.15. The Hall–Kier alpha value is -0.970. The first kappa shape index (κ1) is 15.4. The molecule has 0 bridgehead atoms. The maximum absolute atomic E-state index is 13.9. The number of carbonyl (C=O) groups is 1. The van der Waals surface area contributed by atoms with Crippen LogP contribution in [0.15, 0.2) is 18.2 Å². The van der Waals surface area contributed by atoms with Crippen LogP contribution in [-0.4, -0.2) is 31.2 Å². The third kappa shape index (κ3) is 3.19. The fourth-order valence-electron chi connectivity index (χ4n) is 2.50. The Kier molecular flexibility index (Phi) is 5.13. The van der Waals surface area contributed by atoms with Crippen molar-refractivity contribution in [2.75, 3.05) is 19.8 Å². The average Bonchev–Trinajstić information content (AvgIpc) is 2.45. The van der Waals surface area contributed by atoms with E-state index in [1.807, 2.05) is 6.92 Å². The maximum Gasteiger partial charge on any atom is 0.169 e. The molecule has 1 fully saturated rings. The van der Waals surface area contributed by atoms with Crippen LogP contribution < -0.4 is 0 Å². The molecule has 1 aliphatic heterocycles. The number of hydrogen-bond donors (Lipinski definition) is 0. The first-order valence-electron chi connectivity index (χ1n) is 6.77. The molecule has 0 aliphatic carbocycles. The lowest BCUT2D eigenvalue weighted by molar-refractivity contribution is -0.156. The number of rotatable bonds is 5. The normalized spacial score (nSPS) is 17.9. The summed E-state index contributed by atoms with van der Waals surface area (Å²) in [7, 11) is 0. The fourth-order valence-corrected chi connectivity index (χ4v) is 2.69. The van der Waals surface area contributed by atoms with E-state index in [0.29, 0.717) is 38.2 Å². The molecule has 1 saturated heterocycles. The fraction of sp³-hybridized carbons (Fsp3) is 0.533. The zero-order valence-electron chi connectivity index (χ0n) is 11.5. The van der Waals surface area contributed by atoms with Gasteiger partial charge in [-0.2, -0.15) is 0 Å². The predicted molar refractivity (Wildman–Crippen MR) is 74.5 cm³/mol. The third-order valence-corrected chi connectivity index (χ3v) is 3.90. The van der Waals surface area contributed by atoms with Gasteiger partial charge in [0, 0.05) is 39.1 Å². The van der Waals surface area contributed by atoms with Crippen molar-refractivity contribution >= 4 is 17.4 Å². The predicted octanol–water partition coefficient (Wildman–Crippen LogP) is 3.18. The summed E-state index contributed by atoms with van der Waals surface area (Å²) < 4.78 is 24.9. The van der Waals surface area contributed by atoms with Crippen molar-refractivity contribution in [3.05, 3.63) is 34.6 Å². The van der Waals surface area contributed by atoms with E-state index in [-0.39, 0.29) is 17.2 Å². The summed E-state index contributed by atoms with van der Waals surface area (Å²) in [5.41, 5.74) is -0.532. The van der Waals surface area contributed by atoms with Crippen molar-refractivity contribution in [1.29, 1.82) is 0 Å². The summed E-state index contributed by atoms with van der Waals surface area (Å²) in [6.45, 7) is 3.28. The zero-order chi connectivity index (χ0) is 14.6. The minimum absolute atomic E-state index is 0.00755. The summed E-state index contributed by atoms with van der Waals surface area (Å²) in [6.07, 6.45) is 1.02. The Bertz CT molecular complexity index is 478. The molecular formula is C15H18ClFO3. The summed E-state index contributed by atoms with van der Waals surface area (Å²) >= 11 is 5.74. The quantitative estimate of drug-likeness (QED) is 0.838. The topological polar surface area (TPSA) is 35.5 Å². The van der Waals surface area contributed by atoms with Crippen LogP contribution in [0, 0.1) is 5.82 Å². The summed E-state index contributed by atoms with van der Waals surface area (Å²) in [5.74, 6) is -0.634. The highest BCUT2D eigenvalue weighted by molar-refractivity contribution is 6.30. The zero-order valence-corrected chi connectivity index (χ0v) is 12.2. The van der Waals surface area contributed by atoms with E-state index in [1.165, 1.54) is 6.07 Å². The Labute approximate surface area is 123 Å². The monoisotopic (exact) mass is 300 g/mol. The van der Waals surface area contributed by atoms with Crippen molar-refractivity contribution in [3.63, 3.8) is 0 Å². The molecule has 0 unspecified atom stereocenters. The van der Waals surface area contributed by atoms with Crippen LogP contribution in [0.5, 0.6) is 0 Å². The largest absolute Gasteiger partial charge is 0.381 e. The molecule has 110 valence electrons. The van der Waals surface area contributed by atoms with E-state index in [4.69, 9.17) is 21.1 Å². The highest BCUT2D eigenvalue weighted by Crippen LogP contribution is 2.29. The number of ether oxygens (including phenoxy) is 2. The molecule has 0 amide bonds. The molecule has 0 radical (unpaired) electrons. The molecule has 1 aromatic rings. The number of benzene rings is 1. The number of hydrogen-bond acceptors (Lipinski definition) is 3. The van der Waals surface area contributed by atoms with E-state index < -0.39 is 11.4 Å². The third-order valence-electron chi connectivity index (χ3n) is 3.61. The van der Waals surface area contributed by atoms with Crippen LogP contribution in [-0.2, 0) is 20.7 Å². The minimum atomic E-state index is -0.845. The molecule has 0 aromatic heterocycles. The van der Waals surface area contributed by atoms with Crippen molar-refractivity contribution < 1.29 is 18.7 Å². The molecule has 1 heterocycles. The van der Waals surface area contributed by atoms with Gasteiger partial charge in [0.15, 0.2) is 5.78 Å². The van der Waals surface area contributed by atoms with Gasteiger partial charge in [-0.05, 0) is 18.6 Å². The van der Waals surface area contributed by atoms with Gasteiger partial charge in [0.25, 0.3) is 0 Å². The lowest BCUT2D eigenvalue weighted by Crippen LogP contribution is -2.47. The molecule has 1 aliphatic rings. The molecule has 20 heavy (non-hydrogen) atoms. The highest BCUT2D eigenvalue weighted by atomic mass is 35.5. The smallest absolute Gasteiger partial charge is 0.169 e. The van der Waals surface area contributed by atoms with Crippen molar-refractivity contribution in [2.24, 2.45) is 0 Å². The molecule has 2 rings (SSSR count). The van der Waals surface area contributed by atoms with Crippen LogP contribution >= 0.6 is 11.6 Å². The Morgan fingerprint density at radius 2 is 2.15 bits per heavy atom. The molecule has 0 N–H and O–H groups in total. The second-order valence-electron chi connectivity index (χ2n) is 4.85. The molecule has 3 nitrogen and oxygen atoms in total. The van der Waals surface area contributed by atoms with E-state index in [9.17, 15) is 9.18 Å². The van der Waals surface area contributed by atoms with E-state index in [0.717, 1.165) is 0 Å². The van der Waals surface area contributed by atoms with Gasteiger partial charge in [0.1, 0.15) is 11.4 Å². The van der Waals surface area contributed by atoms with Crippen LogP contribution in [0.2, 0.25) is 5.02 Å². The number of Topliss-reactive ketones (excluding diaryl/α,β-unsaturated/α-hetero) is 1. The summed E-state index contributed by atoms with van der Waals surface area (Å²) in [4.78, 5) is 12.6. The Balaban J connectivity index is 2.18. The summed E-state index contributed by atoms with van der Waals surface area (Å²) in [5, 5.41) is 0.0349. The Morgan fingerprint density at radius 1 is 1.45 bits per heavy atom. The van der Waals surface area contributed by atoms with Gasteiger partial charge in [-0.1, -0.05) is 23.7 Å². The molecule has 0 atom stereocenters. The molecule has 5 heteroatoms. The first-order chi connectivity index (χ1) is 9.59. The average molecular weight is 301 g/mol. The number of ketones is 1. The minimum Gasteiger partial charge on any atom is -0.381 e. The maximum atomic E-state index is 13.9. The van der Waals surface area contributed by atoms with Crippen LogP contribution in [0.4, 0.5) is 4.39 Å². The van der Waals surface area contributed by atoms with Gasteiger partial charge in [-0.25, -0.2) is 4.39 Å². The molecular weight excluding hydrogens is 283 g/mol. The van der Waals surface area contributed by atoms with Gasteiger partial charge >= 0.3 is 0 Å².